The molecule has 1 atom stereocenters. The van der Waals surface area contributed by atoms with Crippen LogP contribution >= 0.6 is 23.2 Å². The van der Waals surface area contributed by atoms with E-state index in [1.54, 1.807) is 6.92 Å². The lowest BCUT2D eigenvalue weighted by Gasteiger charge is -2.15. The highest BCUT2D eigenvalue weighted by Crippen LogP contribution is 2.31. The fraction of sp³-hybridized carbons (Fsp3) is 0.333. The van der Waals surface area contributed by atoms with Gasteiger partial charge < -0.3 is 20.5 Å². The number of benzene rings is 1. The summed E-state index contributed by atoms with van der Waals surface area (Å²) >= 11 is 11.8. The first-order valence-electron chi connectivity index (χ1n) is 5.64. The maximum absolute atomic E-state index is 11.7. The van der Waals surface area contributed by atoms with Gasteiger partial charge in [-0.25, -0.2) is 9.59 Å². The molecule has 0 heterocycles. The van der Waals surface area contributed by atoms with Crippen LogP contribution in [0.25, 0.3) is 0 Å². The molecule has 1 rings (SSSR count). The van der Waals surface area contributed by atoms with E-state index in [2.05, 4.69) is 10.6 Å². The van der Waals surface area contributed by atoms with Gasteiger partial charge in [-0.05, 0) is 19.1 Å². The van der Waals surface area contributed by atoms with Crippen LogP contribution in [0, 0.1) is 0 Å². The number of rotatable bonds is 5. The van der Waals surface area contributed by atoms with Crippen LogP contribution in [0.4, 0.5) is 10.5 Å². The minimum atomic E-state index is -1.15. The third-order valence-corrected chi connectivity index (χ3v) is 2.92. The Labute approximate surface area is 126 Å². The van der Waals surface area contributed by atoms with Gasteiger partial charge in [-0.2, -0.15) is 0 Å². The van der Waals surface area contributed by atoms with Gasteiger partial charge in [0.1, 0.15) is 0 Å². The molecule has 1 aromatic carbocycles. The van der Waals surface area contributed by atoms with Gasteiger partial charge in [-0.1, -0.05) is 23.2 Å². The number of halogens is 2. The maximum atomic E-state index is 11.7. The zero-order valence-electron chi connectivity index (χ0n) is 10.9. The van der Waals surface area contributed by atoms with Crippen molar-refractivity contribution in [2.45, 2.75) is 13.0 Å². The molecule has 0 bridgehead atoms. The predicted molar refractivity (Wildman–Crippen MR) is 76.9 cm³/mol. The van der Waals surface area contributed by atoms with Gasteiger partial charge in [0.15, 0.2) is 0 Å². The zero-order chi connectivity index (χ0) is 15.3. The van der Waals surface area contributed by atoms with Gasteiger partial charge in [-0.15, -0.1) is 0 Å². The van der Waals surface area contributed by atoms with Crippen molar-refractivity contribution in [2.75, 3.05) is 19.0 Å². The molecule has 110 valence electrons. The van der Waals surface area contributed by atoms with E-state index in [0.717, 1.165) is 0 Å². The van der Waals surface area contributed by atoms with Crippen LogP contribution in [0.3, 0.4) is 0 Å². The highest BCUT2D eigenvalue weighted by atomic mass is 35.5. The number of anilines is 1. The summed E-state index contributed by atoms with van der Waals surface area (Å²) in [6, 6.07) is 1.71. The molecule has 0 aliphatic heterocycles. The van der Waals surface area contributed by atoms with E-state index < -0.39 is 12.0 Å². The Morgan fingerprint density at radius 3 is 2.35 bits per heavy atom. The fourth-order valence-electron chi connectivity index (χ4n) is 1.48. The van der Waals surface area contributed by atoms with Crippen molar-refractivity contribution in [3.63, 3.8) is 0 Å². The Hall–Kier alpha value is -1.50. The molecule has 2 amide bonds. The van der Waals surface area contributed by atoms with Crippen LogP contribution in [-0.2, 0) is 4.74 Å². The molecule has 0 saturated carbocycles. The van der Waals surface area contributed by atoms with Crippen LogP contribution in [-0.4, -0.2) is 36.9 Å². The molecule has 20 heavy (non-hydrogen) atoms. The Morgan fingerprint density at radius 2 is 1.90 bits per heavy atom. The average molecular weight is 321 g/mol. The zero-order valence-corrected chi connectivity index (χ0v) is 12.4. The minimum Gasteiger partial charge on any atom is -0.478 e. The van der Waals surface area contributed by atoms with E-state index in [1.807, 2.05) is 0 Å². The third-order valence-electron chi connectivity index (χ3n) is 2.32. The molecule has 0 saturated heterocycles. The summed E-state index contributed by atoms with van der Waals surface area (Å²) in [5.74, 6) is -1.15. The molecular formula is C12H14Cl2N2O4. The third kappa shape index (κ3) is 4.56. The van der Waals surface area contributed by atoms with E-state index in [1.165, 1.54) is 19.2 Å². The van der Waals surface area contributed by atoms with Crippen molar-refractivity contribution in [1.29, 1.82) is 0 Å². The van der Waals surface area contributed by atoms with Gasteiger partial charge in [0.25, 0.3) is 0 Å². The molecule has 1 unspecified atom stereocenters. The molecule has 3 N–H and O–H groups in total. The normalized spacial score (nSPS) is 11.8. The van der Waals surface area contributed by atoms with Gasteiger partial charge in [0, 0.05) is 7.11 Å². The predicted octanol–water partition coefficient (Wildman–Crippen LogP) is 2.85. The smallest absolute Gasteiger partial charge is 0.335 e. The molecule has 0 aromatic heterocycles. The van der Waals surface area contributed by atoms with Crippen molar-refractivity contribution in [3.05, 3.63) is 27.7 Å². The van der Waals surface area contributed by atoms with Crippen molar-refractivity contribution in [1.82, 2.24) is 5.32 Å². The lowest BCUT2D eigenvalue weighted by molar-refractivity contribution is 0.0697. The first-order chi connectivity index (χ1) is 9.35. The van der Waals surface area contributed by atoms with Crippen molar-refractivity contribution in [3.8, 4) is 0 Å². The quantitative estimate of drug-likeness (QED) is 0.778. The van der Waals surface area contributed by atoms with Crippen LogP contribution in [0.1, 0.15) is 17.3 Å². The van der Waals surface area contributed by atoms with Gasteiger partial charge >= 0.3 is 12.0 Å². The second-order valence-corrected chi connectivity index (χ2v) is 4.89. The molecule has 0 spiro atoms. The Kier molecular flexibility index (Phi) is 6.06. The van der Waals surface area contributed by atoms with Crippen LogP contribution < -0.4 is 10.6 Å². The second kappa shape index (κ2) is 7.33. The standard InChI is InChI=1S/C12H14Cl2N2O4/c1-6(5-20-2)15-12(19)16-10-8(13)3-7(11(17)18)4-9(10)14/h3-4,6H,5H2,1-2H3,(H,17,18)(H2,15,16,19). The number of urea groups is 1. The highest BCUT2D eigenvalue weighted by Gasteiger charge is 2.15. The molecule has 6 nitrogen and oxygen atoms in total. The number of carboxylic acid groups (broad SMARTS) is 1. The number of carbonyl (C=O) groups is 2. The Balaban J connectivity index is 2.82. The van der Waals surface area contributed by atoms with Crippen LogP contribution in [0.5, 0.6) is 0 Å². The summed E-state index contributed by atoms with van der Waals surface area (Å²) in [7, 11) is 1.52. The first-order valence-corrected chi connectivity index (χ1v) is 6.39. The van der Waals surface area contributed by atoms with Gasteiger partial charge in [0.05, 0.1) is 33.9 Å². The number of hydrogen-bond acceptors (Lipinski definition) is 3. The van der Waals surface area contributed by atoms with Gasteiger partial charge in [0.2, 0.25) is 0 Å². The highest BCUT2D eigenvalue weighted by molar-refractivity contribution is 6.40. The first kappa shape index (κ1) is 16.6. The van der Waals surface area contributed by atoms with Crippen molar-refractivity contribution < 1.29 is 19.4 Å². The molecule has 0 radical (unpaired) electrons. The molecular weight excluding hydrogens is 307 g/mol. The lowest BCUT2D eigenvalue weighted by atomic mass is 10.2. The minimum absolute atomic E-state index is 0.0458. The van der Waals surface area contributed by atoms with E-state index >= 15 is 0 Å². The summed E-state index contributed by atoms with van der Waals surface area (Å²) < 4.78 is 4.88. The maximum Gasteiger partial charge on any atom is 0.335 e. The number of aromatic carboxylic acids is 1. The second-order valence-electron chi connectivity index (χ2n) is 4.07. The van der Waals surface area contributed by atoms with Crippen molar-refractivity contribution >= 4 is 40.9 Å². The van der Waals surface area contributed by atoms with Crippen molar-refractivity contribution in [2.24, 2.45) is 0 Å². The molecule has 0 fully saturated rings. The van der Waals surface area contributed by atoms with Gasteiger partial charge in [-0.3, -0.25) is 0 Å². The number of methoxy groups -OCH3 is 1. The monoisotopic (exact) mass is 320 g/mol. The number of ether oxygens (including phenoxy) is 1. The number of amides is 2. The number of hydrogen-bond donors (Lipinski definition) is 3. The van der Waals surface area contributed by atoms with Crippen LogP contribution in [0.15, 0.2) is 12.1 Å². The summed E-state index contributed by atoms with van der Waals surface area (Å²) in [6.45, 7) is 2.12. The largest absolute Gasteiger partial charge is 0.478 e. The lowest BCUT2D eigenvalue weighted by Crippen LogP contribution is -2.38. The molecule has 8 heteroatoms. The summed E-state index contributed by atoms with van der Waals surface area (Å²) in [5, 5.41) is 14.0. The topological polar surface area (TPSA) is 87.7 Å². The molecule has 1 aromatic rings. The van der Waals surface area contributed by atoms with E-state index in [0.29, 0.717) is 6.61 Å². The van der Waals surface area contributed by atoms with E-state index in [-0.39, 0.29) is 27.3 Å². The number of carboxylic acids is 1. The van der Waals surface area contributed by atoms with Crippen LogP contribution in [0.2, 0.25) is 10.0 Å². The Morgan fingerprint density at radius 1 is 1.35 bits per heavy atom. The summed E-state index contributed by atoms with van der Waals surface area (Å²) in [4.78, 5) is 22.5. The average Bonchev–Trinajstić information content (AvgIpc) is 2.33. The summed E-state index contributed by atoms with van der Waals surface area (Å²) in [5.41, 5.74) is 0.0964. The number of nitrogens with one attached hydrogen (secondary N) is 2. The van der Waals surface area contributed by atoms with E-state index in [9.17, 15) is 9.59 Å². The SMILES string of the molecule is COCC(C)NC(=O)Nc1c(Cl)cc(C(=O)O)cc1Cl. The molecule has 0 aliphatic rings. The molecule has 0 aliphatic carbocycles. The Bertz CT molecular complexity index is 499. The number of carbonyl (C=O) groups excluding carboxylic acids is 1. The van der Waals surface area contributed by atoms with E-state index in [4.69, 9.17) is 33.0 Å². The summed E-state index contributed by atoms with van der Waals surface area (Å²) in [6.07, 6.45) is 0. The fourth-order valence-corrected chi connectivity index (χ4v) is 2.06.